The minimum atomic E-state index is -0.468. The molecular weight excluding hydrogens is 426 g/mol. The molecule has 2 aliphatic rings. The molecule has 34 heavy (non-hydrogen) atoms. The third-order valence-corrected chi connectivity index (χ3v) is 7.30. The molecule has 0 saturated carbocycles. The number of allylic oxidation sites excluding steroid dienone is 1. The molecule has 0 radical (unpaired) electrons. The standard InChI is InChI=1S/C26H27N7O/c1-18-10-12-31(26(34)23(33-17-28-29-30-33)14-19-6-3-2-4-7-19)16-24(18)32-13-11-20-15-27-22-9-5-8-21(22)25(20)32/h2-8,11,13,15,17-18,23-24H,9-10,12,14,16H2,1H3/t18-,23?,24+/m1/s1. The first-order chi connectivity index (χ1) is 16.7. The van der Waals surface area contributed by atoms with Crippen LogP contribution in [0, 0.1) is 5.92 Å². The van der Waals surface area contributed by atoms with Gasteiger partial charge in [0.1, 0.15) is 12.4 Å². The Hall–Kier alpha value is -3.81. The number of hydrogen-bond donors (Lipinski definition) is 0. The first kappa shape index (κ1) is 20.8. The fourth-order valence-electron chi connectivity index (χ4n) is 5.38. The van der Waals surface area contributed by atoms with Gasteiger partial charge < -0.3 is 9.47 Å². The first-order valence-corrected chi connectivity index (χ1v) is 11.9. The normalized spacial score (nSPS) is 20.6. The molecule has 3 aromatic heterocycles. The number of hydrogen-bond acceptors (Lipinski definition) is 5. The van der Waals surface area contributed by atoms with Gasteiger partial charge in [0.25, 0.3) is 0 Å². The Bertz CT molecular complexity index is 1340. The maximum atomic E-state index is 13.9. The van der Waals surface area contributed by atoms with Crippen LogP contribution in [-0.2, 0) is 17.6 Å². The van der Waals surface area contributed by atoms with E-state index in [1.54, 1.807) is 4.68 Å². The quantitative estimate of drug-likeness (QED) is 0.462. The minimum Gasteiger partial charge on any atom is -0.342 e. The highest BCUT2D eigenvalue weighted by atomic mass is 16.2. The SMILES string of the molecule is C[C@@H]1CCN(C(=O)C(Cc2ccccc2)n2cnnn2)C[C@@H]1n1ccc2cnc3c(c21)C=CC3. The van der Waals surface area contributed by atoms with Crippen molar-refractivity contribution >= 4 is 22.9 Å². The number of nitrogens with zero attached hydrogens (tertiary/aromatic N) is 7. The summed E-state index contributed by atoms with van der Waals surface area (Å²) >= 11 is 0. The zero-order chi connectivity index (χ0) is 23.1. The zero-order valence-corrected chi connectivity index (χ0v) is 19.2. The van der Waals surface area contributed by atoms with Crippen LogP contribution in [-0.4, -0.2) is 53.7 Å². The summed E-state index contributed by atoms with van der Waals surface area (Å²) in [6, 6.07) is 11.9. The Morgan fingerprint density at radius 3 is 2.91 bits per heavy atom. The van der Waals surface area contributed by atoms with E-state index in [0.29, 0.717) is 18.9 Å². The number of rotatable bonds is 5. The van der Waals surface area contributed by atoms with E-state index in [1.807, 2.05) is 41.4 Å². The van der Waals surface area contributed by atoms with E-state index in [9.17, 15) is 4.79 Å². The van der Waals surface area contributed by atoms with Crippen LogP contribution in [0.25, 0.3) is 17.0 Å². The van der Waals surface area contributed by atoms with Crippen molar-refractivity contribution < 1.29 is 4.79 Å². The topological polar surface area (TPSA) is 81.7 Å². The van der Waals surface area contributed by atoms with Crippen LogP contribution in [0.2, 0.25) is 0 Å². The Balaban J connectivity index is 1.31. The Morgan fingerprint density at radius 2 is 2.09 bits per heavy atom. The lowest BCUT2D eigenvalue weighted by molar-refractivity contribution is -0.137. The molecule has 0 bridgehead atoms. The molecule has 0 spiro atoms. The van der Waals surface area contributed by atoms with Gasteiger partial charge in [0.2, 0.25) is 5.91 Å². The van der Waals surface area contributed by atoms with Crippen molar-refractivity contribution in [3.8, 4) is 0 Å². The number of benzene rings is 1. The van der Waals surface area contributed by atoms with Gasteiger partial charge in [-0.05, 0) is 34.4 Å². The largest absolute Gasteiger partial charge is 0.342 e. The third kappa shape index (κ3) is 3.59. The summed E-state index contributed by atoms with van der Waals surface area (Å²) in [4.78, 5) is 20.5. The Morgan fingerprint density at radius 1 is 1.21 bits per heavy atom. The number of amides is 1. The molecule has 4 aromatic rings. The van der Waals surface area contributed by atoms with Gasteiger partial charge in [-0.2, -0.15) is 0 Å². The Kier molecular flexibility index (Phi) is 5.20. The van der Waals surface area contributed by atoms with E-state index in [0.717, 1.165) is 36.0 Å². The van der Waals surface area contributed by atoms with Crippen molar-refractivity contribution in [2.45, 2.75) is 38.3 Å². The van der Waals surface area contributed by atoms with Gasteiger partial charge in [0.05, 0.1) is 17.3 Å². The molecule has 6 rings (SSSR count). The van der Waals surface area contributed by atoms with Crippen molar-refractivity contribution in [3.05, 3.63) is 78.0 Å². The van der Waals surface area contributed by atoms with Crippen LogP contribution in [0.1, 0.15) is 42.2 Å². The number of aromatic nitrogens is 6. The average molecular weight is 454 g/mol. The number of piperidine rings is 1. The molecule has 3 atom stereocenters. The molecule has 1 saturated heterocycles. The summed E-state index contributed by atoms with van der Waals surface area (Å²) < 4.78 is 3.97. The summed E-state index contributed by atoms with van der Waals surface area (Å²) in [6.07, 6.45) is 12.4. The van der Waals surface area contributed by atoms with Gasteiger partial charge in [0.15, 0.2) is 0 Å². The molecule has 1 aliphatic heterocycles. The molecule has 4 heterocycles. The summed E-state index contributed by atoms with van der Waals surface area (Å²) in [5.41, 5.74) is 4.66. The number of carbonyl (C=O) groups excluding carboxylic acids is 1. The molecule has 1 fully saturated rings. The number of tetrazole rings is 1. The second kappa shape index (κ2) is 8.52. The van der Waals surface area contributed by atoms with Gasteiger partial charge in [-0.3, -0.25) is 9.78 Å². The maximum absolute atomic E-state index is 13.9. The molecule has 1 aliphatic carbocycles. The van der Waals surface area contributed by atoms with Crippen LogP contribution in [0.15, 0.2) is 61.2 Å². The highest BCUT2D eigenvalue weighted by Crippen LogP contribution is 2.35. The van der Waals surface area contributed by atoms with E-state index < -0.39 is 6.04 Å². The van der Waals surface area contributed by atoms with Gasteiger partial charge >= 0.3 is 0 Å². The second-order valence-corrected chi connectivity index (χ2v) is 9.36. The van der Waals surface area contributed by atoms with Crippen molar-refractivity contribution in [3.63, 3.8) is 0 Å². The molecule has 1 amide bonds. The molecular formula is C26H27N7O. The summed E-state index contributed by atoms with van der Waals surface area (Å²) in [6.45, 7) is 3.69. The maximum Gasteiger partial charge on any atom is 0.247 e. The zero-order valence-electron chi connectivity index (χ0n) is 19.2. The van der Waals surface area contributed by atoms with Crippen LogP contribution < -0.4 is 0 Å². The van der Waals surface area contributed by atoms with E-state index in [-0.39, 0.29) is 11.9 Å². The number of likely N-dealkylation sites (tertiary alicyclic amines) is 1. The number of fused-ring (bicyclic) bond motifs is 3. The van der Waals surface area contributed by atoms with E-state index in [1.165, 1.54) is 17.4 Å². The smallest absolute Gasteiger partial charge is 0.247 e. The van der Waals surface area contributed by atoms with Gasteiger partial charge in [-0.1, -0.05) is 49.4 Å². The first-order valence-electron chi connectivity index (χ1n) is 11.9. The molecule has 8 nitrogen and oxygen atoms in total. The van der Waals surface area contributed by atoms with Crippen molar-refractivity contribution in [2.75, 3.05) is 13.1 Å². The molecule has 8 heteroatoms. The summed E-state index contributed by atoms with van der Waals surface area (Å²) in [5.74, 6) is 0.519. The average Bonchev–Trinajstić information content (AvgIpc) is 3.63. The van der Waals surface area contributed by atoms with Crippen LogP contribution in [0.3, 0.4) is 0 Å². The highest BCUT2D eigenvalue weighted by Gasteiger charge is 2.35. The fourth-order valence-corrected chi connectivity index (χ4v) is 5.38. The third-order valence-electron chi connectivity index (χ3n) is 7.30. The fraction of sp³-hybridized carbons (Fsp3) is 0.346. The van der Waals surface area contributed by atoms with Crippen LogP contribution in [0.5, 0.6) is 0 Å². The number of carbonyl (C=O) groups is 1. The minimum absolute atomic E-state index is 0.0660. The van der Waals surface area contributed by atoms with Crippen LogP contribution >= 0.6 is 0 Å². The van der Waals surface area contributed by atoms with Crippen molar-refractivity contribution in [2.24, 2.45) is 5.92 Å². The predicted molar refractivity (Wildman–Crippen MR) is 129 cm³/mol. The second-order valence-electron chi connectivity index (χ2n) is 9.36. The van der Waals surface area contributed by atoms with Crippen molar-refractivity contribution in [1.82, 2.24) is 34.7 Å². The van der Waals surface area contributed by atoms with Gasteiger partial charge in [-0.25, -0.2) is 4.68 Å². The van der Waals surface area contributed by atoms with E-state index in [2.05, 4.69) is 56.4 Å². The summed E-state index contributed by atoms with van der Waals surface area (Å²) in [7, 11) is 0. The lowest BCUT2D eigenvalue weighted by atomic mass is 9.92. The van der Waals surface area contributed by atoms with Crippen LogP contribution in [0.4, 0.5) is 0 Å². The van der Waals surface area contributed by atoms with Gasteiger partial charge in [0, 0.05) is 49.3 Å². The number of pyridine rings is 1. The van der Waals surface area contributed by atoms with E-state index in [4.69, 9.17) is 0 Å². The highest BCUT2D eigenvalue weighted by molar-refractivity contribution is 5.90. The van der Waals surface area contributed by atoms with Crippen molar-refractivity contribution in [1.29, 1.82) is 0 Å². The molecule has 172 valence electrons. The predicted octanol–water partition coefficient (Wildman–Crippen LogP) is 3.49. The lowest BCUT2D eigenvalue weighted by Gasteiger charge is -2.39. The van der Waals surface area contributed by atoms with Gasteiger partial charge in [-0.15, -0.1) is 5.10 Å². The summed E-state index contributed by atoms with van der Waals surface area (Å²) in [5, 5.41) is 12.8. The monoisotopic (exact) mass is 453 g/mol. The molecule has 0 N–H and O–H groups in total. The Labute approximate surface area is 197 Å². The lowest BCUT2D eigenvalue weighted by Crippen LogP contribution is -2.47. The molecule has 1 unspecified atom stereocenters. The van der Waals surface area contributed by atoms with E-state index >= 15 is 0 Å². The molecule has 1 aromatic carbocycles.